The summed E-state index contributed by atoms with van der Waals surface area (Å²) < 4.78 is 0. The predicted octanol–water partition coefficient (Wildman–Crippen LogP) is 0.588. The molecule has 0 saturated heterocycles. The molecule has 1 fully saturated rings. The van der Waals surface area contributed by atoms with Gasteiger partial charge >= 0.3 is 0 Å². The van der Waals surface area contributed by atoms with Crippen LogP contribution in [0.4, 0.5) is 0 Å². The van der Waals surface area contributed by atoms with Crippen molar-refractivity contribution in [2.24, 2.45) is 5.73 Å². The van der Waals surface area contributed by atoms with Gasteiger partial charge in [0.15, 0.2) is 11.5 Å². The van der Waals surface area contributed by atoms with Crippen molar-refractivity contribution in [2.75, 3.05) is 7.05 Å². The Morgan fingerprint density at radius 2 is 2.11 bits per heavy atom. The highest BCUT2D eigenvalue weighted by Gasteiger charge is 2.31. The van der Waals surface area contributed by atoms with E-state index in [4.69, 9.17) is 5.73 Å². The number of aromatic hydroxyl groups is 2. The number of carbonyl (C=O) groups is 1. The number of hydrogen-bond acceptors (Lipinski definition) is 4. The summed E-state index contributed by atoms with van der Waals surface area (Å²) >= 11 is 0. The summed E-state index contributed by atoms with van der Waals surface area (Å²) in [6, 6.07) is 4.21. The van der Waals surface area contributed by atoms with E-state index < -0.39 is 6.04 Å². The second-order valence-electron chi connectivity index (χ2n) is 4.81. The van der Waals surface area contributed by atoms with E-state index in [1.807, 2.05) is 0 Å². The molecule has 5 nitrogen and oxygen atoms in total. The van der Waals surface area contributed by atoms with Gasteiger partial charge in [0.05, 0.1) is 6.04 Å². The smallest absolute Gasteiger partial charge is 0.239 e. The molecular formula is C13H18N2O3. The fourth-order valence-corrected chi connectivity index (χ4v) is 1.94. The van der Waals surface area contributed by atoms with Crippen LogP contribution in [0, 0.1) is 0 Å². The minimum atomic E-state index is -0.612. The molecule has 98 valence electrons. The lowest BCUT2D eigenvalue weighted by molar-refractivity contribution is -0.131. The van der Waals surface area contributed by atoms with Crippen molar-refractivity contribution >= 4 is 5.91 Å². The van der Waals surface area contributed by atoms with Crippen molar-refractivity contribution in [2.45, 2.75) is 31.3 Å². The Morgan fingerprint density at radius 1 is 1.44 bits per heavy atom. The standard InChI is InChI=1S/C13H18N2O3/c1-15(9-3-4-9)13(18)10(14)6-8-2-5-11(16)12(17)7-8/h2,5,7,9-10,16-17H,3-4,6,14H2,1H3/t10-/m0/s1. The number of phenolic OH excluding ortho intramolecular Hbond substituents is 2. The lowest BCUT2D eigenvalue weighted by Crippen LogP contribution is -2.44. The Bertz CT molecular complexity index is 458. The van der Waals surface area contributed by atoms with E-state index in [1.54, 1.807) is 18.0 Å². The third kappa shape index (κ3) is 2.73. The monoisotopic (exact) mass is 250 g/mol. The molecule has 1 aliphatic rings. The zero-order chi connectivity index (χ0) is 13.3. The minimum absolute atomic E-state index is 0.0786. The Morgan fingerprint density at radius 3 is 2.67 bits per heavy atom. The highest BCUT2D eigenvalue weighted by molar-refractivity contribution is 5.82. The van der Waals surface area contributed by atoms with Crippen molar-refractivity contribution in [1.29, 1.82) is 0 Å². The molecule has 0 bridgehead atoms. The van der Waals surface area contributed by atoms with Gasteiger partial charge in [-0.3, -0.25) is 4.79 Å². The van der Waals surface area contributed by atoms with E-state index >= 15 is 0 Å². The lowest BCUT2D eigenvalue weighted by atomic mass is 10.0. The average Bonchev–Trinajstić information content (AvgIpc) is 3.16. The molecule has 0 unspecified atom stereocenters. The first kappa shape index (κ1) is 12.7. The number of hydrogen-bond donors (Lipinski definition) is 3. The van der Waals surface area contributed by atoms with Gasteiger partial charge in [0.2, 0.25) is 5.91 Å². The molecule has 4 N–H and O–H groups in total. The van der Waals surface area contributed by atoms with Gasteiger partial charge in [-0.25, -0.2) is 0 Å². The minimum Gasteiger partial charge on any atom is -0.504 e. The van der Waals surface area contributed by atoms with Gasteiger partial charge in [0, 0.05) is 13.1 Å². The van der Waals surface area contributed by atoms with Crippen molar-refractivity contribution in [3.05, 3.63) is 23.8 Å². The number of likely N-dealkylation sites (N-methyl/N-ethyl adjacent to an activating group) is 1. The van der Waals surface area contributed by atoms with Crippen LogP contribution in [0.2, 0.25) is 0 Å². The Kier molecular flexibility index (Phi) is 3.43. The first-order chi connectivity index (χ1) is 8.49. The highest BCUT2D eigenvalue weighted by atomic mass is 16.3. The maximum absolute atomic E-state index is 12.0. The van der Waals surface area contributed by atoms with Crippen LogP contribution in [0.1, 0.15) is 18.4 Å². The van der Waals surface area contributed by atoms with Gasteiger partial charge < -0.3 is 20.8 Å². The van der Waals surface area contributed by atoms with Crippen LogP contribution in [0.5, 0.6) is 11.5 Å². The normalized spacial score (nSPS) is 16.3. The van der Waals surface area contributed by atoms with Crippen LogP contribution in [0.15, 0.2) is 18.2 Å². The average molecular weight is 250 g/mol. The van der Waals surface area contributed by atoms with Crippen molar-refractivity contribution < 1.29 is 15.0 Å². The third-order valence-electron chi connectivity index (χ3n) is 3.25. The molecule has 1 atom stereocenters. The largest absolute Gasteiger partial charge is 0.504 e. The topological polar surface area (TPSA) is 86.8 Å². The highest BCUT2D eigenvalue weighted by Crippen LogP contribution is 2.27. The summed E-state index contributed by atoms with van der Waals surface area (Å²) in [4.78, 5) is 13.7. The molecule has 1 saturated carbocycles. The van der Waals surface area contributed by atoms with Crippen LogP contribution in [-0.2, 0) is 11.2 Å². The maximum atomic E-state index is 12.0. The second kappa shape index (κ2) is 4.86. The molecule has 0 radical (unpaired) electrons. The molecule has 0 spiro atoms. The maximum Gasteiger partial charge on any atom is 0.239 e. The first-order valence-electron chi connectivity index (χ1n) is 6.02. The number of carbonyl (C=O) groups excluding carboxylic acids is 1. The third-order valence-corrected chi connectivity index (χ3v) is 3.25. The fourth-order valence-electron chi connectivity index (χ4n) is 1.94. The number of amides is 1. The summed E-state index contributed by atoms with van der Waals surface area (Å²) in [7, 11) is 1.77. The number of phenols is 2. The van der Waals surface area contributed by atoms with Gasteiger partial charge in [-0.2, -0.15) is 0 Å². The van der Waals surface area contributed by atoms with Crippen LogP contribution in [-0.4, -0.2) is 40.2 Å². The number of nitrogens with two attached hydrogens (primary N) is 1. The number of benzene rings is 1. The number of rotatable bonds is 4. The van der Waals surface area contributed by atoms with Gasteiger partial charge in [-0.05, 0) is 37.0 Å². The van der Waals surface area contributed by atoms with Crippen LogP contribution >= 0.6 is 0 Å². The van der Waals surface area contributed by atoms with Gasteiger partial charge in [-0.15, -0.1) is 0 Å². The van der Waals surface area contributed by atoms with E-state index in [2.05, 4.69) is 0 Å². The van der Waals surface area contributed by atoms with Gasteiger partial charge in [0.25, 0.3) is 0 Å². The number of nitrogens with zero attached hydrogens (tertiary/aromatic N) is 1. The first-order valence-corrected chi connectivity index (χ1v) is 6.02. The Hall–Kier alpha value is -1.75. The molecule has 0 aliphatic heterocycles. The summed E-state index contributed by atoms with van der Waals surface area (Å²) in [5.74, 6) is -0.443. The van der Waals surface area contributed by atoms with Crippen molar-refractivity contribution in [3.63, 3.8) is 0 Å². The quantitative estimate of drug-likeness (QED) is 0.682. The summed E-state index contributed by atoms with van der Waals surface area (Å²) in [6.45, 7) is 0. The Labute approximate surface area is 106 Å². The van der Waals surface area contributed by atoms with Crippen LogP contribution < -0.4 is 5.73 Å². The fraction of sp³-hybridized carbons (Fsp3) is 0.462. The van der Waals surface area contributed by atoms with Gasteiger partial charge in [0.1, 0.15) is 0 Å². The van der Waals surface area contributed by atoms with E-state index in [1.165, 1.54) is 12.1 Å². The Balaban J connectivity index is 1.99. The predicted molar refractivity (Wildman–Crippen MR) is 67.2 cm³/mol. The van der Waals surface area contributed by atoms with E-state index in [0.717, 1.165) is 18.4 Å². The zero-order valence-electron chi connectivity index (χ0n) is 10.3. The molecule has 1 aromatic rings. The molecule has 1 aliphatic carbocycles. The van der Waals surface area contributed by atoms with E-state index in [9.17, 15) is 15.0 Å². The molecule has 2 rings (SSSR count). The van der Waals surface area contributed by atoms with Crippen LogP contribution in [0.25, 0.3) is 0 Å². The molecule has 0 aromatic heterocycles. The molecule has 18 heavy (non-hydrogen) atoms. The molecule has 0 heterocycles. The molecule has 5 heteroatoms. The summed E-state index contributed by atoms with van der Waals surface area (Å²) in [5.41, 5.74) is 6.60. The van der Waals surface area contributed by atoms with E-state index in [0.29, 0.717) is 12.5 Å². The molecular weight excluding hydrogens is 232 g/mol. The van der Waals surface area contributed by atoms with Crippen LogP contribution in [0.3, 0.4) is 0 Å². The zero-order valence-corrected chi connectivity index (χ0v) is 10.3. The van der Waals surface area contributed by atoms with Gasteiger partial charge in [-0.1, -0.05) is 6.07 Å². The van der Waals surface area contributed by atoms with Crippen molar-refractivity contribution in [3.8, 4) is 11.5 Å². The van der Waals surface area contributed by atoms with Crippen molar-refractivity contribution in [1.82, 2.24) is 4.90 Å². The molecule has 1 amide bonds. The lowest BCUT2D eigenvalue weighted by Gasteiger charge is -2.21. The second-order valence-corrected chi connectivity index (χ2v) is 4.81. The molecule has 1 aromatic carbocycles. The van der Waals surface area contributed by atoms with E-state index in [-0.39, 0.29) is 17.4 Å². The SMILES string of the molecule is CN(C(=O)[C@@H](N)Cc1ccc(O)c(O)c1)C1CC1. The summed E-state index contributed by atoms with van der Waals surface area (Å²) in [6.07, 6.45) is 2.45. The summed E-state index contributed by atoms with van der Waals surface area (Å²) in [5, 5.41) is 18.6.